The summed E-state index contributed by atoms with van der Waals surface area (Å²) in [7, 11) is 2.26. The van der Waals surface area contributed by atoms with Crippen LogP contribution in [0.2, 0.25) is 0 Å². The summed E-state index contributed by atoms with van der Waals surface area (Å²) in [5.74, 6) is -2.82. The van der Waals surface area contributed by atoms with Crippen LogP contribution in [0.15, 0.2) is 42.5 Å². The van der Waals surface area contributed by atoms with Crippen LogP contribution < -0.4 is 5.73 Å². The molecule has 2 N–H and O–H groups in total. The molecule has 8 nitrogen and oxygen atoms in total. The smallest absolute Gasteiger partial charge is 0.357 e. The van der Waals surface area contributed by atoms with Gasteiger partial charge in [0.2, 0.25) is 5.95 Å². The van der Waals surface area contributed by atoms with Crippen molar-refractivity contribution < 1.29 is 23.9 Å². The number of nitrogens with two attached hydrogens (primary N) is 1. The first-order chi connectivity index (χ1) is 13.0. The predicted octanol–water partition coefficient (Wildman–Crippen LogP) is 2.02. The van der Waals surface area contributed by atoms with Gasteiger partial charge >= 0.3 is 11.9 Å². The molecule has 8 heteroatoms. The van der Waals surface area contributed by atoms with Crippen molar-refractivity contribution in [3.05, 3.63) is 65.0 Å². The van der Waals surface area contributed by atoms with Gasteiger partial charge in [0.15, 0.2) is 17.2 Å². The number of carbonyl (C=O) groups is 3. The molecule has 0 unspecified atom stereocenters. The average Bonchev–Trinajstić information content (AvgIpc) is 2.70. The molecule has 136 valence electrons. The van der Waals surface area contributed by atoms with Crippen molar-refractivity contribution in [1.29, 1.82) is 0 Å². The van der Waals surface area contributed by atoms with Crippen molar-refractivity contribution in [3.63, 3.8) is 0 Å². The quantitative estimate of drug-likeness (QED) is 0.550. The number of anilines is 1. The molecule has 2 aromatic carbocycles. The highest BCUT2D eigenvalue weighted by atomic mass is 16.5. The number of fused-ring (bicyclic) bond motifs is 1. The number of esters is 2. The summed E-state index contributed by atoms with van der Waals surface area (Å²) in [6, 6.07) is 12.4. The van der Waals surface area contributed by atoms with Gasteiger partial charge in [0.1, 0.15) is 0 Å². The standard InChI is InChI=1S/C19H15N3O5/c1-26-17(24)14-13(15(18(25)27-2)22-19(20)21-14)16(23)12-8-7-10-5-3-4-6-11(10)9-12/h3-9H,1-2H3,(H2,20,21,22). The van der Waals surface area contributed by atoms with Crippen molar-refractivity contribution in [3.8, 4) is 0 Å². The van der Waals surface area contributed by atoms with Crippen molar-refractivity contribution in [2.75, 3.05) is 20.0 Å². The summed E-state index contributed by atoms with van der Waals surface area (Å²) < 4.78 is 9.33. The van der Waals surface area contributed by atoms with E-state index in [-0.39, 0.29) is 17.1 Å². The van der Waals surface area contributed by atoms with Crippen LogP contribution >= 0.6 is 0 Å². The maximum Gasteiger partial charge on any atom is 0.357 e. The molecule has 3 rings (SSSR count). The monoisotopic (exact) mass is 365 g/mol. The highest BCUT2D eigenvalue weighted by Crippen LogP contribution is 2.22. The molecule has 0 aliphatic heterocycles. The van der Waals surface area contributed by atoms with Gasteiger partial charge in [-0.1, -0.05) is 36.4 Å². The molecule has 1 heterocycles. The number of nitrogens with zero attached hydrogens (tertiary/aromatic N) is 2. The molecule has 0 aliphatic carbocycles. The molecule has 0 atom stereocenters. The molecule has 3 aromatic rings. The van der Waals surface area contributed by atoms with Crippen LogP contribution in [0.3, 0.4) is 0 Å². The Morgan fingerprint density at radius 2 is 1.41 bits per heavy atom. The molecule has 0 saturated heterocycles. The first kappa shape index (κ1) is 18.0. The Kier molecular flexibility index (Phi) is 4.80. The first-order valence-corrected chi connectivity index (χ1v) is 7.84. The third-order valence-electron chi connectivity index (χ3n) is 3.92. The minimum Gasteiger partial charge on any atom is -0.464 e. The van der Waals surface area contributed by atoms with Crippen molar-refractivity contribution in [1.82, 2.24) is 9.97 Å². The lowest BCUT2D eigenvalue weighted by Crippen LogP contribution is -2.22. The van der Waals surface area contributed by atoms with Gasteiger partial charge in [0.25, 0.3) is 0 Å². The number of hydrogen-bond acceptors (Lipinski definition) is 8. The molecule has 0 saturated carbocycles. The zero-order valence-corrected chi connectivity index (χ0v) is 14.6. The van der Waals surface area contributed by atoms with E-state index in [4.69, 9.17) is 5.73 Å². The van der Waals surface area contributed by atoms with Crippen LogP contribution in [0.4, 0.5) is 5.95 Å². The number of ether oxygens (including phenoxy) is 2. The lowest BCUT2D eigenvalue weighted by molar-refractivity contribution is 0.0583. The predicted molar refractivity (Wildman–Crippen MR) is 96.5 cm³/mol. The number of carbonyl (C=O) groups excluding carboxylic acids is 3. The minimum absolute atomic E-state index is 0.248. The zero-order chi connectivity index (χ0) is 19.6. The highest BCUT2D eigenvalue weighted by molar-refractivity contribution is 6.19. The van der Waals surface area contributed by atoms with E-state index in [1.54, 1.807) is 18.2 Å². The number of methoxy groups -OCH3 is 2. The normalized spacial score (nSPS) is 10.4. The maximum absolute atomic E-state index is 13.1. The van der Waals surface area contributed by atoms with Gasteiger partial charge < -0.3 is 15.2 Å². The Morgan fingerprint density at radius 1 is 0.852 bits per heavy atom. The highest BCUT2D eigenvalue weighted by Gasteiger charge is 2.30. The van der Waals surface area contributed by atoms with E-state index in [1.807, 2.05) is 24.3 Å². The van der Waals surface area contributed by atoms with E-state index in [2.05, 4.69) is 19.4 Å². The van der Waals surface area contributed by atoms with Crippen molar-refractivity contribution in [2.45, 2.75) is 0 Å². The van der Waals surface area contributed by atoms with E-state index in [9.17, 15) is 14.4 Å². The first-order valence-electron chi connectivity index (χ1n) is 7.84. The van der Waals surface area contributed by atoms with Gasteiger partial charge in [0.05, 0.1) is 19.8 Å². The molecule has 0 aliphatic rings. The maximum atomic E-state index is 13.1. The van der Waals surface area contributed by atoms with E-state index >= 15 is 0 Å². The Morgan fingerprint density at radius 3 is 1.96 bits per heavy atom. The number of hydrogen-bond donors (Lipinski definition) is 1. The average molecular weight is 365 g/mol. The summed E-state index contributed by atoms with van der Waals surface area (Å²) in [6.45, 7) is 0. The molecule has 0 bridgehead atoms. The van der Waals surface area contributed by atoms with E-state index in [1.165, 1.54) is 0 Å². The summed E-state index contributed by atoms with van der Waals surface area (Å²) in [4.78, 5) is 45.0. The van der Waals surface area contributed by atoms with Crippen LogP contribution in [-0.4, -0.2) is 41.9 Å². The van der Waals surface area contributed by atoms with Gasteiger partial charge in [-0.25, -0.2) is 19.6 Å². The lowest BCUT2D eigenvalue weighted by Gasteiger charge is -2.11. The summed E-state index contributed by atoms with van der Waals surface area (Å²) in [5, 5.41) is 1.75. The zero-order valence-electron chi connectivity index (χ0n) is 14.6. The Hall–Kier alpha value is -3.81. The SMILES string of the molecule is COC(=O)c1nc(N)nc(C(=O)OC)c1C(=O)c1ccc2ccccc2c1. The Bertz CT molecular complexity index is 1040. The molecule has 0 amide bonds. The summed E-state index contributed by atoms with van der Waals surface area (Å²) >= 11 is 0. The third-order valence-corrected chi connectivity index (χ3v) is 3.92. The summed E-state index contributed by atoms with van der Waals surface area (Å²) in [6.07, 6.45) is 0. The molecular formula is C19H15N3O5. The van der Waals surface area contributed by atoms with Crippen molar-refractivity contribution >= 4 is 34.4 Å². The van der Waals surface area contributed by atoms with Gasteiger partial charge in [0, 0.05) is 5.56 Å². The number of aromatic nitrogens is 2. The van der Waals surface area contributed by atoms with Crippen LogP contribution in [0.5, 0.6) is 0 Å². The molecule has 1 aromatic heterocycles. The van der Waals surface area contributed by atoms with E-state index < -0.39 is 29.1 Å². The molecule has 0 spiro atoms. The third kappa shape index (κ3) is 3.32. The molecule has 27 heavy (non-hydrogen) atoms. The van der Waals surface area contributed by atoms with Gasteiger partial charge in [-0.2, -0.15) is 0 Å². The second kappa shape index (κ2) is 7.20. The summed E-state index contributed by atoms with van der Waals surface area (Å²) in [5.41, 5.74) is 4.70. The second-order valence-corrected chi connectivity index (χ2v) is 5.53. The molecule has 0 fully saturated rings. The van der Waals surface area contributed by atoms with Gasteiger partial charge in [-0.05, 0) is 16.8 Å². The van der Waals surface area contributed by atoms with Crippen LogP contribution in [0, 0.1) is 0 Å². The van der Waals surface area contributed by atoms with E-state index in [0.29, 0.717) is 0 Å². The number of benzene rings is 2. The number of rotatable bonds is 4. The van der Waals surface area contributed by atoms with Crippen molar-refractivity contribution in [2.24, 2.45) is 0 Å². The number of ketones is 1. The van der Waals surface area contributed by atoms with Crippen LogP contribution in [0.1, 0.15) is 36.9 Å². The number of nitrogen functional groups attached to an aromatic ring is 1. The fraction of sp³-hybridized carbons (Fsp3) is 0.105. The van der Waals surface area contributed by atoms with Crippen LogP contribution in [-0.2, 0) is 9.47 Å². The lowest BCUT2D eigenvalue weighted by atomic mass is 9.97. The largest absolute Gasteiger partial charge is 0.464 e. The van der Waals surface area contributed by atoms with E-state index in [0.717, 1.165) is 25.0 Å². The fourth-order valence-corrected chi connectivity index (χ4v) is 2.66. The van der Waals surface area contributed by atoms with Crippen LogP contribution in [0.25, 0.3) is 10.8 Å². The topological polar surface area (TPSA) is 121 Å². The Balaban J connectivity index is 2.24. The Labute approximate surface area is 153 Å². The van der Waals surface area contributed by atoms with Gasteiger partial charge in [-0.3, -0.25) is 4.79 Å². The van der Waals surface area contributed by atoms with Gasteiger partial charge in [-0.15, -0.1) is 0 Å². The fourth-order valence-electron chi connectivity index (χ4n) is 2.66. The minimum atomic E-state index is -0.918. The molecule has 0 radical (unpaired) electrons. The molecular weight excluding hydrogens is 350 g/mol. The second-order valence-electron chi connectivity index (χ2n) is 5.53.